The Kier molecular flexibility index (Phi) is 64.9. The maximum absolute atomic E-state index is 13.6. The molecule has 0 aromatic carbocycles. The van der Waals surface area contributed by atoms with E-state index in [1.54, 1.807) is 0 Å². The molecule has 0 aliphatic carbocycles. The lowest BCUT2D eigenvalue weighted by molar-refractivity contribution is -0.870. The number of ether oxygens (including phenoxy) is 1. The number of carbonyl (C=O) groups is 2. The van der Waals surface area contributed by atoms with Crippen molar-refractivity contribution in [2.24, 2.45) is 0 Å². The predicted octanol–water partition coefficient (Wildman–Crippen LogP) is 24.1. The van der Waals surface area contributed by atoms with Gasteiger partial charge in [-0.1, -0.05) is 337 Å². The summed E-state index contributed by atoms with van der Waals surface area (Å²) in [5, 5.41) is 3.06. The fraction of sp³-hybridized carbons (Fsp3) is 0.795. The van der Waals surface area contributed by atoms with Crippen LogP contribution in [-0.4, -0.2) is 74.3 Å². The summed E-state index contributed by atoms with van der Waals surface area (Å²) in [6.45, 7) is 6.92. The topological polar surface area (TPSA) is 111 Å². The van der Waals surface area contributed by atoms with E-state index in [0.29, 0.717) is 23.9 Å². The van der Waals surface area contributed by atoms with Gasteiger partial charge in [-0.3, -0.25) is 18.6 Å². The van der Waals surface area contributed by atoms with Crippen molar-refractivity contribution in [2.75, 3.05) is 40.9 Å². The van der Waals surface area contributed by atoms with Crippen molar-refractivity contribution in [1.29, 1.82) is 0 Å². The van der Waals surface area contributed by atoms with Crippen LogP contribution in [0.15, 0.2) is 85.1 Å². The molecule has 0 saturated carbocycles. The molecule has 3 unspecified atom stereocenters. The minimum absolute atomic E-state index is 0.0330. The van der Waals surface area contributed by atoms with Crippen molar-refractivity contribution in [2.45, 2.75) is 360 Å². The number of nitrogens with zero attached hydrogens (tertiary/aromatic N) is 1. The fourth-order valence-corrected chi connectivity index (χ4v) is 11.6. The molecule has 0 aliphatic rings. The molecule has 88 heavy (non-hydrogen) atoms. The third-order valence-corrected chi connectivity index (χ3v) is 17.6. The zero-order valence-corrected chi connectivity index (χ0v) is 59.6. The first kappa shape index (κ1) is 85.2. The molecule has 3 atom stereocenters. The second-order valence-electron chi connectivity index (χ2n) is 26.4. The summed E-state index contributed by atoms with van der Waals surface area (Å²) in [6, 6.07) is -0.866. The number of likely N-dealkylation sites (N-methyl/N-ethyl adjacent to an activating group) is 1. The smallest absolute Gasteiger partial charge is 0.456 e. The monoisotopic (exact) mass is 1250 g/mol. The van der Waals surface area contributed by atoms with E-state index in [1.165, 1.54) is 205 Å². The van der Waals surface area contributed by atoms with Gasteiger partial charge in [0.15, 0.2) is 0 Å². The number of unbranched alkanes of at least 4 members (excludes halogenated alkanes) is 40. The van der Waals surface area contributed by atoms with Gasteiger partial charge < -0.3 is 19.4 Å². The number of carbonyl (C=O) groups excluding carboxylic acids is 2. The SMILES string of the molecule is CC/C=C\C/C=C\C/C=C\C/C=C\C/C=C\C/C=C\CCCCCCC(=O)NC(COP(=O)(O)OCC[N+](C)(C)C)C(/C=C/CCCCCCCCCCCC)OC(=O)CCCCCCCCCCCCCCCCCCCCCCCCCCCCC. The van der Waals surface area contributed by atoms with E-state index in [0.717, 1.165) is 103 Å². The van der Waals surface area contributed by atoms with Crippen LogP contribution in [0.4, 0.5) is 0 Å². The minimum atomic E-state index is -4.47. The maximum atomic E-state index is 13.6. The van der Waals surface area contributed by atoms with Crippen molar-refractivity contribution < 1.29 is 37.3 Å². The van der Waals surface area contributed by atoms with Crippen LogP contribution >= 0.6 is 7.82 Å². The van der Waals surface area contributed by atoms with Gasteiger partial charge >= 0.3 is 13.8 Å². The average Bonchev–Trinajstić information content (AvgIpc) is 3.53. The van der Waals surface area contributed by atoms with Crippen LogP contribution in [0.1, 0.15) is 348 Å². The molecule has 0 saturated heterocycles. The molecule has 0 heterocycles. The number of phosphoric acid groups is 1. The molecule has 0 fully saturated rings. The molecule has 512 valence electrons. The van der Waals surface area contributed by atoms with Crippen molar-refractivity contribution in [1.82, 2.24) is 5.32 Å². The molecule has 2 N–H and O–H groups in total. The second-order valence-corrected chi connectivity index (χ2v) is 27.9. The Morgan fingerprint density at radius 3 is 1.09 bits per heavy atom. The molecule has 1 amide bonds. The van der Waals surface area contributed by atoms with Crippen molar-refractivity contribution in [3.05, 3.63) is 85.1 Å². The third kappa shape index (κ3) is 67.6. The van der Waals surface area contributed by atoms with Gasteiger partial charge in [-0.05, 0) is 83.1 Å². The van der Waals surface area contributed by atoms with Crippen molar-refractivity contribution in [3.8, 4) is 0 Å². The lowest BCUT2D eigenvalue weighted by Crippen LogP contribution is -2.47. The maximum Gasteiger partial charge on any atom is 0.472 e. The second kappa shape index (κ2) is 67.1. The molecular formula is C78H144N2O7P+. The molecule has 0 aliphatic heterocycles. The molecule has 0 radical (unpaired) electrons. The summed E-state index contributed by atoms with van der Waals surface area (Å²) >= 11 is 0. The molecule has 10 heteroatoms. The largest absolute Gasteiger partial charge is 0.472 e. The zero-order chi connectivity index (χ0) is 64.2. The van der Waals surface area contributed by atoms with E-state index in [4.69, 9.17) is 13.8 Å². The minimum Gasteiger partial charge on any atom is -0.456 e. The van der Waals surface area contributed by atoms with Gasteiger partial charge in [0.25, 0.3) is 0 Å². The number of hydrogen-bond acceptors (Lipinski definition) is 6. The van der Waals surface area contributed by atoms with Gasteiger partial charge in [0.1, 0.15) is 19.3 Å². The molecule has 0 aromatic rings. The quantitative estimate of drug-likeness (QED) is 0.0205. The van der Waals surface area contributed by atoms with Gasteiger partial charge in [-0.15, -0.1) is 0 Å². The van der Waals surface area contributed by atoms with Crippen molar-refractivity contribution in [3.63, 3.8) is 0 Å². The average molecular weight is 1250 g/mol. The highest BCUT2D eigenvalue weighted by Crippen LogP contribution is 2.43. The Morgan fingerprint density at radius 1 is 0.409 bits per heavy atom. The number of esters is 1. The van der Waals surface area contributed by atoms with Crippen LogP contribution in [0.5, 0.6) is 0 Å². The normalized spacial score (nSPS) is 13.9. The summed E-state index contributed by atoms with van der Waals surface area (Å²) in [6.07, 6.45) is 90.4. The third-order valence-electron chi connectivity index (χ3n) is 16.6. The van der Waals surface area contributed by atoms with Crippen LogP contribution in [-0.2, 0) is 27.9 Å². The van der Waals surface area contributed by atoms with Crippen LogP contribution < -0.4 is 5.32 Å². The lowest BCUT2D eigenvalue weighted by Gasteiger charge is -2.27. The van der Waals surface area contributed by atoms with E-state index < -0.39 is 20.0 Å². The van der Waals surface area contributed by atoms with Crippen molar-refractivity contribution >= 4 is 19.7 Å². The fourth-order valence-electron chi connectivity index (χ4n) is 10.9. The molecule has 0 aromatic heterocycles. The number of rotatable bonds is 68. The highest BCUT2D eigenvalue weighted by molar-refractivity contribution is 7.47. The van der Waals surface area contributed by atoms with Crippen LogP contribution in [0.2, 0.25) is 0 Å². The van der Waals surface area contributed by atoms with Gasteiger partial charge in [0, 0.05) is 12.8 Å². The predicted molar refractivity (Wildman–Crippen MR) is 383 cm³/mol. The number of quaternary nitrogens is 1. The van der Waals surface area contributed by atoms with E-state index in [9.17, 15) is 19.0 Å². The Labute approximate surface area is 546 Å². The highest BCUT2D eigenvalue weighted by atomic mass is 31.2. The summed E-state index contributed by atoms with van der Waals surface area (Å²) in [7, 11) is 1.48. The molecule has 0 rings (SSSR count). The summed E-state index contributed by atoms with van der Waals surface area (Å²) in [4.78, 5) is 37.9. The number of nitrogens with one attached hydrogen (secondary N) is 1. The van der Waals surface area contributed by atoms with Crippen LogP contribution in [0, 0.1) is 0 Å². The van der Waals surface area contributed by atoms with E-state index in [1.807, 2.05) is 33.3 Å². The first-order valence-corrected chi connectivity index (χ1v) is 38.9. The summed E-state index contributed by atoms with van der Waals surface area (Å²) < 4.78 is 30.8. The number of phosphoric ester groups is 1. The first-order chi connectivity index (χ1) is 42.9. The van der Waals surface area contributed by atoms with E-state index in [-0.39, 0.29) is 31.5 Å². The highest BCUT2D eigenvalue weighted by Gasteiger charge is 2.30. The number of amides is 1. The van der Waals surface area contributed by atoms with Gasteiger partial charge in [0.05, 0.1) is 33.8 Å². The summed E-state index contributed by atoms with van der Waals surface area (Å²) in [5.41, 5.74) is 0. The molecular weight excluding hydrogens is 1110 g/mol. The van der Waals surface area contributed by atoms with Crippen LogP contribution in [0.25, 0.3) is 0 Å². The molecule has 0 spiro atoms. The zero-order valence-electron chi connectivity index (χ0n) is 58.7. The Bertz CT molecular complexity index is 1780. The standard InChI is InChI=1S/C78H143N2O7P/c1-7-10-13-16-19-22-25-28-30-32-34-36-38-39-40-41-43-45-47-49-51-53-56-59-62-65-68-71-78(82)87-76(69-66-63-60-57-54-27-24-21-18-15-12-9-3)75(74-86-88(83,84)85-73-72-80(4,5)6)79-77(81)70-67-64-61-58-55-52-50-48-46-44-42-37-35-33-31-29-26-23-20-17-14-11-8-2/h11,14,20,23,29,31,35,37,44,46,50,52,66,69,75-76H,7-10,12-13,15-19,21-22,24-28,30,32-34,36,38-43,45,47-49,51,53-65,67-68,70-74H2,1-6H3,(H-,79,81,83,84)/p+1/b14-11-,23-20-,31-29-,37-35-,46-44-,52-50-,69-66+. The number of hydrogen-bond donors (Lipinski definition) is 2. The summed E-state index contributed by atoms with van der Waals surface area (Å²) in [5.74, 6) is -0.523. The Hall–Kier alpha value is -2.81. The number of allylic oxidation sites excluding steroid dienone is 13. The Balaban J connectivity index is 5.03. The first-order valence-electron chi connectivity index (χ1n) is 37.4. The van der Waals surface area contributed by atoms with Crippen LogP contribution in [0.3, 0.4) is 0 Å². The van der Waals surface area contributed by atoms with Gasteiger partial charge in [-0.25, -0.2) is 4.57 Å². The van der Waals surface area contributed by atoms with Gasteiger partial charge in [-0.2, -0.15) is 0 Å². The molecule has 0 bridgehead atoms. The lowest BCUT2D eigenvalue weighted by atomic mass is 10.0. The van der Waals surface area contributed by atoms with E-state index in [2.05, 4.69) is 99.0 Å². The van der Waals surface area contributed by atoms with Gasteiger partial charge in [0.2, 0.25) is 5.91 Å². The Morgan fingerprint density at radius 2 is 0.727 bits per heavy atom. The van der Waals surface area contributed by atoms with E-state index >= 15 is 0 Å². The molecule has 9 nitrogen and oxygen atoms in total.